The average molecular weight is 404 g/mol. The fraction of sp³-hybridized carbons (Fsp3) is 0.269. The van der Waals surface area contributed by atoms with E-state index in [2.05, 4.69) is 17.4 Å². The van der Waals surface area contributed by atoms with Crippen LogP contribution in [0.25, 0.3) is 0 Å². The van der Waals surface area contributed by atoms with Crippen molar-refractivity contribution in [3.05, 3.63) is 101 Å². The van der Waals surface area contributed by atoms with Gasteiger partial charge in [-0.15, -0.1) is 0 Å². The quantitative estimate of drug-likeness (QED) is 0.508. The van der Waals surface area contributed by atoms with Gasteiger partial charge in [0.15, 0.2) is 0 Å². The molecule has 0 aliphatic rings. The summed E-state index contributed by atoms with van der Waals surface area (Å²) in [6, 6.07) is 25.9. The summed E-state index contributed by atoms with van der Waals surface area (Å²) >= 11 is 0. The predicted octanol–water partition coefficient (Wildman–Crippen LogP) is 5.16. The Morgan fingerprint density at radius 3 is 2.23 bits per heavy atom. The normalized spacial score (nSPS) is 11.7. The van der Waals surface area contributed by atoms with E-state index < -0.39 is 0 Å². The summed E-state index contributed by atoms with van der Waals surface area (Å²) in [5, 5.41) is 3.09. The maximum atomic E-state index is 12.7. The first-order valence-electron chi connectivity index (χ1n) is 10.3. The molecule has 0 spiro atoms. The van der Waals surface area contributed by atoms with Crippen LogP contribution in [0.15, 0.2) is 78.9 Å². The van der Waals surface area contributed by atoms with Gasteiger partial charge in [-0.2, -0.15) is 0 Å². The molecule has 1 atom stereocenters. The summed E-state index contributed by atoms with van der Waals surface area (Å²) in [6.45, 7) is 2.92. The molecular formula is C26H29NO3. The minimum Gasteiger partial charge on any atom is -0.496 e. The Hall–Kier alpha value is -3.11. The number of hydrogen-bond acceptors (Lipinski definition) is 3. The van der Waals surface area contributed by atoms with E-state index in [-0.39, 0.29) is 11.9 Å². The van der Waals surface area contributed by atoms with Crippen molar-refractivity contribution in [1.29, 1.82) is 0 Å². The van der Waals surface area contributed by atoms with Crippen LogP contribution < -0.4 is 10.1 Å². The largest absolute Gasteiger partial charge is 0.496 e. The smallest absolute Gasteiger partial charge is 0.251 e. The lowest BCUT2D eigenvalue weighted by Crippen LogP contribution is -2.33. The van der Waals surface area contributed by atoms with Crippen molar-refractivity contribution >= 4 is 5.91 Å². The molecule has 1 amide bonds. The van der Waals surface area contributed by atoms with Gasteiger partial charge in [-0.05, 0) is 49.1 Å². The molecular weight excluding hydrogens is 374 g/mol. The topological polar surface area (TPSA) is 47.6 Å². The maximum absolute atomic E-state index is 12.7. The summed E-state index contributed by atoms with van der Waals surface area (Å²) in [5.74, 6) is 0.638. The van der Waals surface area contributed by atoms with E-state index in [1.54, 1.807) is 13.2 Å². The molecule has 0 unspecified atom stereocenters. The second-order valence-electron chi connectivity index (χ2n) is 7.40. The molecule has 3 rings (SSSR count). The lowest BCUT2D eigenvalue weighted by molar-refractivity contribution is 0.0936. The van der Waals surface area contributed by atoms with Crippen LogP contribution in [0.4, 0.5) is 0 Å². The SMILES string of the molecule is COc1ccc(C(=O)N[C@H](C)CCc2ccccc2)cc1COCc1ccccc1. The summed E-state index contributed by atoms with van der Waals surface area (Å²) in [7, 11) is 1.63. The van der Waals surface area contributed by atoms with Crippen LogP contribution >= 0.6 is 0 Å². The van der Waals surface area contributed by atoms with Gasteiger partial charge in [0.1, 0.15) is 5.75 Å². The molecule has 0 saturated heterocycles. The van der Waals surface area contributed by atoms with Crippen molar-refractivity contribution in [3.8, 4) is 5.75 Å². The van der Waals surface area contributed by atoms with Crippen LogP contribution in [0.2, 0.25) is 0 Å². The zero-order chi connectivity index (χ0) is 21.2. The van der Waals surface area contributed by atoms with E-state index in [1.165, 1.54) is 5.56 Å². The third-order valence-electron chi connectivity index (χ3n) is 5.00. The van der Waals surface area contributed by atoms with Crippen LogP contribution in [0.3, 0.4) is 0 Å². The number of carbonyl (C=O) groups is 1. The number of aryl methyl sites for hydroxylation is 1. The molecule has 0 bridgehead atoms. The Morgan fingerprint density at radius 1 is 0.900 bits per heavy atom. The molecule has 4 nitrogen and oxygen atoms in total. The first kappa shape index (κ1) is 21.6. The summed E-state index contributed by atoms with van der Waals surface area (Å²) in [4.78, 5) is 12.7. The van der Waals surface area contributed by atoms with Gasteiger partial charge in [-0.25, -0.2) is 0 Å². The van der Waals surface area contributed by atoms with Crippen molar-refractivity contribution < 1.29 is 14.3 Å². The van der Waals surface area contributed by atoms with E-state index in [1.807, 2.05) is 67.6 Å². The summed E-state index contributed by atoms with van der Waals surface area (Å²) in [5.41, 5.74) is 3.86. The lowest BCUT2D eigenvalue weighted by atomic mass is 10.1. The van der Waals surface area contributed by atoms with Gasteiger partial charge >= 0.3 is 0 Å². The van der Waals surface area contributed by atoms with Crippen LogP contribution in [-0.2, 0) is 24.4 Å². The highest BCUT2D eigenvalue weighted by molar-refractivity contribution is 5.94. The highest BCUT2D eigenvalue weighted by atomic mass is 16.5. The molecule has 0 aromatic heterocycles. The average Bonchev–Trinajstić information content (AvgIpc) is 2.79. The van der Waals surface area contributed by atoms with Crippen LogP contribution in [-0.4, -0.2) is 19.1 Å². The molecule has 0 radical (unpaired) electrons. The number of ether oxygens (including phenoxy) is 2. The lowest BCUT2D eigenvalue weighted by Gasteiger charge is -2.15. The van der Waals surface area contributed by atoms with Crippen molar-refractivity contribution in [2.75, 3.05) is 7.11 Å². The molecule has 4 heteroatoms. The Kier molecular flexibility index (Phi) is 8.04. The van der Waals surface area contributed by atoms with Crippen molar-refractivity contribution in [1.82, 2.24) is 5.32 Å². The number of methoxy groups -OCH3 is 1. The Labute approximate surface area is 178 Å². The Morgan fingerprint density at radius 2 is 1.57 bits per heavy atom. The Balaban J connectivity index is 1.56. The number of hydrogen-bond donors (Lipinski definition) is 1. The molecule has 0 aliphatic carbocycles. The third kappa shape index (κ3) is 6.46. The van der Waals surface area contributed by atoms with Crippen LogP contribution in [0, 0.1) is 0 Å². The fourth-order valence-electron chi connectivity index (χ4n) is 3.29. The highest BCUT2D eigenvalue weighted by Crippen LogP contribution is 2.21. The van der Waals surface area contributed by atoms with Gasteiger partial charge in [0.25, 0.3) is 5.91 Å². The van der Waals surface area contributed by atoms with Gasteiger partial charge in [0.2, 0.25) is 0 Å². The number of nitrogens with one attached hydrogen (secondary N) is 1. The van der Waals surface area contributed by atoms with Gasteiger partial charge in [-0.1, -0.05) is 60.7 Å². The van der Waals surface area contributed by atoms with Gasteiger partial charge in [0, 0.05) is 17.2 Å². The Bertz CT molecular complexity index is 926. The fourth-order valence-corrected chi connectivity index (χ4v) is 3.29. The minimum absolute atomic E-state index is 0.0810. The minimum atomic E-state index is -0.0810. The number of carbonyl (C=O) groups excluding carboxylic acids is 1. The summed E-state index contributed by atoms with van der Waals surface area (Å²) < 4.78 is 11.3. The molecule has 30 heavy (non-hydrogen) atoms. The molecule has 0 saturated carbocycles. The maximum Gasteiger partial charge on any atom is 0.251 e. The number of amides is 1. The van der Waals surface area contributed by atoms with E-state index in [0.717, 1.165) is 29.7 Å². The molecule has 156 valence electrons. The predicted molar refractivity (Wildman–Crippen MR) is 120 cm³/mol. The number of rotatable bonds is 10. The van der Waals surface area contributed by atoms with E-state index >= 15 is 0 Å². The summed E-state index contributed by atoms with van der Waals surface area (Å²) in [6.07, 6.45) is 1.82. The van der Waals surface area contributed by atoms with Crippen LogP contribution in [0.5, 0.6) is 5.75 Å². The highest BCUT2D eigenvalue weighted by Gasteiger charge is 2.13. The monoisotopic (exact) mass is 403 g/mol. The molecule has 0 heterocycles. The zero-order valence-electron chi connectivity index (χ0n) is 17.6. The second kappa shape index (κ2) is 11.2. The first-order chi connectivity index (χ1) is 14.7. The van der Waals surface area contributed by atoms with Gasteiger partial charge in [-0.3, -0.25) is 4.79 Å². The zero-order valence-corrected chi connectivity index (χ0v) is 17.6. The molecule has 0 aliphatic heterocycles. The first-order valence-corrected chi connectivity index (χ1v) is 10.3. The molecule has 0 fully saturated rings. The molecule has 1 N–H and O–H groups in total. The van der Waals surface area contributed by atoms with Crippen molar-refractivity contribution in [3.63, 3.8) is 0 Å². The molecule has 3 aromatic rings. The van der Waals surface area contributed by atoms with Crippen LogP contribution in [0.1, 0.15) is 40.4 Å². The van der Waals surface area contributed by atoms with E-state index in [9.17, 15) is 4.79 Å². The third-order valence-corrected chi connectivity index (χ3v) is 5.00. The van der Waals surface area contributed by atoms with Gasteiger partial charge in [0.05, 0.1) is 20.3 Å². The van der Waals surface area contributed by atoms with E-state index in [0.29, 0.717) is 18.8 Å². The van der Waals surface area contributed by atoms with Crippen molar-refractivity contribution in [2.24, 2.45) is 0 Å². The second-order valence-corrected chi connectivity index (χ2v) is 7.40. The molecule has 3 aromatic carbocycles. The number of benzene rings is 3. The van der Waals surface area contributed by atoms with Gasteiger partial charge < -0.3 is 14.8 Å². The standard InChI is InChI=1S/C26H29NO3/c1-20(13-14-21-9-5-3-6-10-21)27-26(28)23-15-16-25(29-2)24(17-23)19-30-18-22-11-7-4-8-12-22/h3-12,15-17,20H,13-14,18-19H2,1-2H3,(H,27,28)/t20-/m1/s1. The van der Waals surface area contributed by atoms with Crippen molar-refractivity contribution in [2.45, 2.75) is 39.0 Å². The van der Waals surface area contributed by atoms with E-state index in [4.69, 9.17) is 9.47 Å².